The Balaban J connectivity index is 1.80. The van der Waals surface area contributed by atoms with Crippen LogP contribution in [0.25, 0.3) is 0 Å². The van der Waals surface area contributed by atoms with Gasteiger partial charge in [-0.2, -0.15) is 0 Å². The van der Waals surface area contributed by atoms with Gasteiger partial charge in [0.2, 0.25) is 0 Å². The second-order valence-electron chi connectivity index (χ2n) is 6.00. The average molecular weight is 309 g/mol. The first-order valence-corrected chi connectivity index (χ1v) is 9.22. The van der Waals surface area contributed by atoms with Crippen molar-refractivity contribution in [2.24, 2.45) is 0 Å². The number of ether oxygens (including phenoxy) is 1. The van der Waals surface area contributed by atoms with Crippen molar-refractivity contribution in [1.29, 1.82) is 0 Å². The zero-order valence-corrected chi connectivity index (χ0v) is 14.0. The SMILES string of the molecule is CCCc1nc(N2CCOC3CCCC32)sc1CNCC. The van der Waals surface area contributed by atoms with Crippen molar-refractivity contribution >= 4 is 16.5 Å². The molecule has 21 heavy (non-hydrogen) atoms. The van der Waals surface area contributed by atoms with Crippen LogP contribution < -0.4 is 10.2 Å². The van der Waals surface area contributed by atoms with Crippen molar-refractivity contribution in [3.05, 3.63) is 10.6 Å². The molecule has 118 valence electrons. The molecule has 1 aromatic rings. The van der Waals surface area contributed by atoms with Crippen LogP contribution in [-0.2, 0) is 17.7 Å². The highest BCUT2D eigenvalue weighted by molar-refractivity contribution is 7.15. The van der Waals surface area contributed by atoms with E-state index >= 15 is 0 Å². The van der Waals surface area contributed by atoms with Gasteiger partial charge in [0.1, 0.15) is 0 Å². The summed E-state index contributed by atoms with van der Waals surface area (Å²) in [6.45, 7) is 8.22. The molecule has 4 nitrogen and oxygen atoms in total. The quantitative estimate of drug-likeness (QED) is 0.876. The summed E-state index contributed by atoms with van der Waals surface area (Å²) in [5.41, 5.74) is 1.31. The Morgan fingerprint density at radius 2 is 2.29 bits per heavy atom. The standard InChI is InChI=1S/C16H27N3OS/c1-3-6-12-15(11-17-4-2)21-16(18-12)19-9-10-20-14-8-5-7-13(14)19/h13-14,17H,3-11H2,1-2H3. The molecule has 2 atom stereocenters. The summed E-state index contributed by atoms with van der Waals surface area (Å²) in [7, 11) is 0. The first-order valence-electron chi connectivity index (χ1n) is 8.41. The molecule has 2 heterocycles. The van der Waals surface area contributed by atoms with Crippen LogP contribution >= 0.6 is 11.3 Å². The van der Waals surface area contributed by atoms with Crippen LogP contribution in [0.3, 0.4) is 0 Å². The third kappa shape index (κ3) is 3.25. The molecule has 1 saturated heterocycles. The molecule has 1 N–H and O–H groups in total. The van der Waals surface area contributed by atoms with Gasteiger partial charge in [0.05, 0.1) is 24.4 Å². The summed E-state index contributed by atoms with van der Waals surface area (Å²) in [5, 5.41) is 4.68. The van der Waals surface area contributed by atoms with Gasteiger partial charge >= 0.3 is 0 Å². The van der Waals surface area contributed by atoms with Crippen LogP contribution in [0, 0.1) is 0 Å². The first-order chi connectivity index (χ1) is 10.3. The van der Waals surface area contributed by atoms with Crippen LogP contribution in [0.5, 0.6) is 0 Å². The van der Waals surface area contributed by atoms with Crippen LogP contribution in [-0.4, -0.2) is 36.8 Å². The molecule has 1 aliphatic heterocycles. The number of aromatic nitrogens is 1. The summed E-state index contributed by atoms with van der Waals surface area (Å²) in [4.78, 5) is 8.94. The Morgan fingerprint density at radius 1 is 1.38 bits per heavy atom. The zero-order valence-electron chi connectivity index (χ0n) is 13.2. The van der Waals surface area contributed by atoms with Gasteiger partial charge in [-0.15, -0.1) is 11.3 Å². The number of morpholine rings is 1. The maximum atomic E-state index is 5.93. The number of fused-ring (bicyclic) bond motifs is 1. The van der Waals surface area contributed by atoms with Crippen molar-refractivity contribution in [2.75, 3.05) is 24.6 Å². The highest BCUT2D eigenvalue weighted by atomic mass is 32.1. The Morgan fingerprint density at radius 3 is 3.10 bits per heavy atom. The number of hydrogen-bond donors (Lipinski definition) is 1. The molecule has 0 amide bonds. The number of nitrogens with one attached hydrogen (secondary N) is 1. The van der Waals surface area contributed by atoms with Gasteiger partial charge in [-0.1, -0.05) is 20.3 Å². The van der Waals surface area contributed by atoms with E-state index in [1.54, 1.807) is 0 Å². The van der Waals surface area contributed by atoms with Crippen molar-refractivity contribution in [1.82, 2.24) is 10.3 Å². The van der Waals surface area contributed by atoms with Crippen molar-refractivity contribution in [3.63, 3.8) is 0 Å². The molecule has 3 rings (SSSR count). The summed E-state index contributed by atoms with van der Waals surface area (Å²) >= 11 is 1.89. The molecule has 1 aliphatic carbocycles. The van der Waals surface area contributed by atoms with E-state index in [0.717, 1.165) is 39.1 Å². The monoisotopic (exact) mass is 309 g/mol. The fraction of sp³-hybridized carbons (Fsp3) is 0.812. The van der Waals surface area contributed by atoms with Crippen LogP contribution in [0.2, 0.25) is 0 Å². The Bertz CT molecular complexity index is 462. The molecule has 0 aromatic carbocycles. The predicted octanol–water partition coefficient (Wildman–Crippen LogP) is 2.96. The Labute approximate surface area is 131 Å². The molecule has 1 saturated carbocycles. The Kier molecular flexibility index (Phi) is 5.14. The second-order valence-corrected chi connectivity index (χ2v) is 7.06. The van der Waals surface area contributed by atoms with E-state index in [4.69, 9.17) is 9.72 Å². The van der Waals surface area contributed by atoms with Gasteiger partial charge in [-0.05, 0) is 32.2 Å². The highest BCUT2D eigenvalue weighted by Gasteiger charge is 2.37. The maximum absolute atomic E-state index is 5.93. The van der Waals surface area contributed by atoms with E-state index in [0.29, 0.717) is 12.1 Å². The van der Waals surface area contributed by atoms with Crippen LogP contribution in [0.4, 0.5) is 5.13 Å². The Hall–Kier alpha value is -0.650. The van der Waals surface area contributed by atoms with Gasteiger partial charge in [-0.3, -0.25) is 0 Å². The summed E-state index contributed by atoms with van der Waals surface area (Å²) in [5.74, 6) is 0. The molecule has 0 spiro atoms. The predicted molar refractivity (Wildman–Crippen MR) is 88.2 cm³/mol. The molecule has 1 aromatic heterocycles. The van der Waals surface area contributed by atoms with E-state index in [1.807, 2.05) is 11.3 Å². The van der Waals surface area contributed by atoms with E-state index in [1.165, 1.54) is 35.0 Å². The van der Waals surface area contributed by atoms with Gasteiger partial charge < -0.3 is 15.0 Å². The molecule has 2 aliphatic rings. The lowest BCUT2D eigenvalue weighted by Crippen LogP contribution is -2.48. The fourth-order valence-electron chi connectivity index (χ4n) is 3.46. The number of nitrogens with zero attached hydrogens (tertiary/aromatic N) is 2. The lowest BCUT2D eigenvalue weighted by Gasteiger charge is -2.37. The lowest BCUT2D eigenvalue weighted by molar-refractivity contribution is 0.0256. The molecular weight excluding hydrogens is 282 g/mol. The molecule has 5 heteroatoms. The highest BCUT2D eigenvalue weighted by Crippen LogP contribution is 2.36. The van der Waals surface area contributed by atoms with Gasteiger partial charge in [0.25, 0.3) is 0 Å². The summed E-state index contributed by atoms with van der Waals surface area (Å²) in [6.07, 6.45) is 6.47. The molecule has 2 fully saturated rings. The molecule has 0 bridgehead atoms. The number of rotatable bonds is 6. The zero-order chi connectivity index (χ0) is 14.7. The summed E-state index contributed by atoms with van der Waals surface area (Å²) in [6, 6.07) is 0.561. The molecular formula is C16H27N3OS. The minimum atomic E-state index is 0.439. The normalized spacial score (nSPS) is 25.3. The number of thiazole rings is 1. The third-order valence-corrected chi connectivity index (χ3v) is 5.65. The smallest absolute Gasteiger partial charge is 0.186 e. The van der Waals surface area contributed by atoms with E-state index < -0.39 is 0 Å². The second kappa shape index (κ2) is 7.07. The van der Waals surface area contributed by atoms with Crippen molar-refractivity contribution in [3.8, 4) is 0 Å². The third-order valence-electron chi connectivity index (χ3n) is 4.52. The molecule has 2 unspecified atom stereocenters. The van der Waals surface area contributed by atoms with E-state index in [2.05, 4.69) is 24.1 Å². The van der Waals surface area contributed by atoms with Gasteiger partial charge in [-0.25, -0.2) is 4.98 Å². The van der Waals surface area contributed by atoms with Gasteiger partial charge in [0.15, 0.2) is 5.13 Å². The first kappa shape index (κ1) is 15.3. The fourth-order valence-corrected chi connectivity index (χ4v) is 4.62. The van der Waals surface area contributed by atoms with Crippen molar-refractivity contribution in [2.45, 2.75) is 64.6 Å². The van der Waals surface area contributed by atoms with Crippen LogP contribution in [0.15, 0.2) is 0 Å². The lowest BCUT2D eigenvalue weighted by atomic mass is 10.1. The molecule has 0 radical (unpaired) electrons. The summed E-state index contributed by atoms with van der Waals surface area (Å²) < 4.78 is 5.93. The number of hydrogen-bond acceptors (Lipinski definition) is 5. The van der Waals surface area contributed by atoms with Crippen molar-refractivity contribution < 1.29 is 4.74 Å². The van der Waals surface area contributed by atoms with E-state index in [-0.39, 0.29) is 0 Å². The number of anilines is 1. The maximum Gasteiger partial charge on any atom is 0.186 e. The topological polar surface area (TPSA) is 37.4 Å². The van der Waals surface area contributed by atoms with E-state index in [9.17, 15) is 0 Å². The van der Waals surface area contributed by atoms with Gasteiger partial charge in [0, 0.05) is 18.0 Å². The number of aryl methyl sites for hydroxylation is 1. The average Bonchev–Trinajstić information content (AvgIpc) is 3.11. The van der Waals surface area contributed by atoms with Crippen LogP contribution in [0.1, 0.15) is 50.1 Å². The minimum absolute atomic E-state index is 0.439. The largest absolute Gasteiger partial charge is 0.374 e. The minimum Gasteiger partial charge on any atom is -0.374 e.